The second-order valence-electron chi connectivity index (χ2n) is 5.37. The Balaban J connectivity index is 2.03. The molecule has 1 heterocycles. The van der Waals surface area contributed by atoms with E-state index in [0.717, 1.165) is 18.7 Å². The number of piperazine rings is 1. The van der Waals surface area contributed by atoms with Crippen LogP contribution in [0.2, 0.25) is 5.02 Å². The smallest absolute Gasteiger partial charge is 0.254 e. The van der Waals surface area contributed by atoms with E-state index in [1.807, 2.05) is 24.8 Å². The van der Waals surface area contributed by atoms with Gasteiger partial charge in [-0.25, -0.2) is 0 Å². The second kappa shape index (κ2) is 6.73. The average molecular weight is 326 g/mol. The number of carbonyl (C=O) groups is 1. The maximum Gasteiger partial charge on any atom is 0.254 e. The molecule has 114 valence electrons. The SMILES string of the molecule is Cc1ccc(Cl)cc1C(=O)N1CCN(C(C)C(N)=S)CC1. The first-order valence-electron chi connectivity index (χ1n) is 6.99. The van der Waals surface area contributed by atoms with E-state index in [1.54, 1.807) is 12.1 Å². The molecule has 1 unspecified atom stereocenters. The zero-order chi connectivity index (χ0) is 15.6. The Morgan fingerprint density at radius 1 is 1.33 bits per heavy atom. The molecule has 1 fully saturated rings. The molecule has 2 rings (SSSR count). The third-order valence-corrected chi connectivity index (χ3v) is 4.57. The first-order chi connectivity index (χ1) is 9.90. The molecule has 0 radical (unpaired) electrons. The number of carbonyl (C=O) groups excluding carboxylic acids is 1. The number of rotatable bonds is 3. The lowest BCUT2D eigenvalue weighted by Gasteiger charge is -2.37. The molecule has 2 N–H and O–H groups in total. The van der Waals surface area contributed by atoms with Crippen LogP contribution < -0.4 is 5.73 Å². The van der Waals surface area contributed by atoms with E-state index in [-0.39, 0.29) is 11.9 Å². The van der Waals surface area contributed by atoms with Crippen LogP contribution in [0.15, 0.2) is 18.2 Å². The lowest BCUT2D eigenvalue weighted by molar-refractivity contribution is 0.0621. The van der Waals surface area contributed by atoms with Gasteiger partial charge in [0, 0.05) is 36.8 Å². The van der Waals surface area contributed by atoms with Crippen molar-refractivity contribution in [1.29, 1.82) is 0 Å². The van der Waals surface area contributed by atoms with Crippen molar-refractivity contribution in [2.24, 2.45) is 5.73 Å². The minimum Gasteiger partial charge on any atom is -0.392 e. The Hall–Kier alpha value is -1.17. The maximum absolute atomic E-state index is 12.6. The monoisotopic (exact) mass is 325 g/mol. The second-order valence-corrected chi connectivity index (χ2v) is 6.27. The quantitative estimate of drug-likeness (QED) is 0.864. The van der Waals surface area contributed by atoms with E-state index in [9.17, 15) is 4.79 Å². The molecule has 0 aromatic heterocycles. The molecule has 1 amide bonds. The summed E-state index contributed by atoms with van der Waals surface area (Å²) in [5, 5.41) is 0.588. The fourth-order valence-electron chi connectivity index (χ4n) is 2.49. The molecule has 1 aromatic rings. The number of halogens is 1. The first kappa shape index (κ1) is 16.2. The normalized spacial score (nSPS) is 17.6. The summed E-state index contributed by atoms with van der Waals surface area (Å²) in [5.74, 6) is 0.0395. The van der Waals surface area contributed by atoms with Crippen molar-refractivity contribution in [3.63, 3.8) is 0 Å². The predicted octanol–water partition coefficient (Wildman–Crippen LogP) is 2.08. The summed E-state index contributed by atoms with van der Waals surface area (Å²) in [6.07, 6.45) is 0. The van der Waals surface area contributed by atoms with Crippen molar-refractivity contribution in [2.75, 3.05) is 26.2 Å². The van der Waals surface area contributed by atoms with E-state index >= 15 is 0 Å². The lowest BCUT2D eigenvalue weighted by atomic mass is 10.1. The van der Waals surface area contributed by atoms with Gasteiger partial charge in [0.2, 0.25) is 0 Å². The molecule has 0 bridgehead atoms. The third kappa shape index (κ3) is 3.73. The van der Waals surface area contributed by atoms with Crippen molar-refractivity contribution >= 4 is 34.7 Å². The molecule has 1 saturated heterocycles. The van der Waals surface area contributed by atoms with E-state index in [1.165, 1.54) is 0 Å². The first-order valence-corrected chi connectivity index (χ1v) is 7.77. The minimum absolute atomic E-state index is 0.0395. The van der Waals surface area contributed by atoms with E-state index in [2.05, 4.69) is 4.90 Å². The highest BCUT2D eigenvalue weighted by atomic mass is 35.5. The van der Waals surface area contributed by atoms with Gasteiger partial charge in [-0.2, -0.15) is 0 Å². The van der Waals surface area contributed by atoms with Gasteiger partial charge >= 0.3 is 0 Å². The largest absolute Gasteiger partial charge is 0.392 e. The Kier molecular flexibility index (Phi) is 5.19. The van der Waals surface area contributed by atoms with Crippen molar-refractivity contribution in [3.8, 4) is 0 Å². The average Bonchev–Trinajstić information content (AvgIpc) is 2.48. The van der Waals surface area contributed by atoms with Gasteiger partial charge in [-0.05, 0) is 31.5 Å². The van der Waals surface area contributed by atoms with Crippen LogP contribution in [-0.4, -0.2) is 52.9 Å². The Bertz CT molecular complexity index is 556. The van der Waals surface area contributed by atoms with Gasteiger partial charge in [0.1, 0.15) is 0 Å². The molecule has 0 aliphatic carbocycles. The van der Waals surface area contributed by atoms with Crippen molar-refractivity contribution in [1.82, 2.24) is 9.80 Å². The summed E-state index contributed by atoms with van der Waals surface area (Å²) < 4.78 is 0. The van der Waals surface area contributed by atoms with Gasteiger partial charge in [-0.15, -0.1) is 0 Å². The summed E-state index contributed by atoms with van der Waals surface area (Å²) in [7, 11) is 0. The molecule has 21 heavy (non-hydrogen) atoms. The van der Waals surface area contributed by atoms with Gasteiger partial charge in [0.25, 0.3) is 5.91 Å². The summed E-state index contributed by atoms with van der Waals surface area (Å²) in [6, 6.07) is 5.49. The van der Waals surface area contributed by atoms with E-state index < -0.39 is 0 Å². The maximum atomic E-state index is 12.6. The Morgan fingerprint density at radius 3 is 2.52 bits per heavy atom. The number of thiocarbonyl (C=S) groups is 1. The molecule has 0 spiro atoms. The number of benzene rings is 1. The molecular formula is C15H20ClN3OS. The summed E-state index contributed by atoms with van der Waals surface area (Å²) in [6.45, 7) is 6.85. The van der Waals surface area contributed by atoms with Crippen molar-refractivity contribution in [3.05, 3.63) is 34.3 Å². The zero-order valence-corrected chi connectivity index (χ0v) is 13.9. The Morgan fingerprint density at radius 2 is 1.95 bits per heavy atom. The van der Waals surface area contributed by atoms with Crippen LogP contribution in [0, 0.1) is 6.92 Å². The number of amides is 1. The highest BCUT2D eigenvalue weighted by Crippen LogP contribution is 2.18. The topological polar surface area (TPSA) is 49.6 Å². The van der Waals surface area contributed by atoms with Gasteiger partial charge in [-0.3, -0.25) is 9.69 Å². The van der Waals surface area contributed by atoms with Gasteiger partial charge < -0.3 is 10.6 Å². The highest BCUT2D eigenvalue weighted by molar-refractivity contribution is 7.80. The van der Waals surface area contributed by atoms with E-state index in [0.29, 0.717) is 28.7 Å². The van der Waals surface area contributed by atoms with Crippen LogP contribution >= 0.6 is 23.8 Å². The van der Waals surface area contributed by atoms with Crippen LogP contribution in [0.25, 0.3) is 0 Å². The van der Waals surface area contributed by atoms with Crippen LogP contribution in [-0.2, 0) is 0 Å². The fraction of sp³-hybridized carbons (Fsp3) is 0.467. The summed E-state index contributed by atoms with van der Waals surface area (Å²) >= 11 is 11.0. The van der Waals surface area contributed by atoms with Crippen LogP contribution in [0.3, 0.4) is 0 Å². The minimum atomic E-state index is 0.0395. The zero-order valence-electron chi connectivity index (χ0n) is 12.3. The molecule has 6 heteroatoms. The molecule has 1 aromatic carbocycles. The molecule has 1 aliphatic rings. The van der Waals surface area contributed by atoms with Crippen LogP contribution in [0.1, 0.15) is 22.8 Å². The Labute approximate surface area is 135 Å². The highest BCUT2D eigenvalue weighted by Gasteiger charge is 2.26. The summed E-state index contributed by atoms with van der Waals surface area (Å²) in [5.41, 5.74) is 7.31. The summed E-state index contributed by atoms with van der Waals surface area (Å²) in [4.78, 5) is 17.1. The van der Waals surface area contributed by atoms with Crippen molar-refractivity contribution < 1.29 is 4.79 Å². The number of aryl methyl sites for hydroxylation is 1. The number of hydrogen-bond acceptors (Lipinski definition) is 3. The predicted molar refractivity (Wildman–Crippen MR) is 89.9 cm³/mol. The molecule has 1 atom stereocenters. The molecule has 0 saturated carbocycles. The van der Waals surface area contributed by atoms with Gasteiger partial charge in [0.15, 0.2) is 0 Å². The number of hydrogen-bond donors (Lipinski definition) is 1. The third-order valence-electron chi connectivity index (χ3n) is 3.99. The molecular weight excluding hydrogens is 306 g/mol. The van der Waals surface area contributed by atoms with E-state index in [4.69, 9.17) is 29.6 Å². The molecule has 4 nitrogen and oxygen atoms in total. The van der Waals surface area contributed by atoms with Gasteiger partial charge in [-0.1, -0.05) is 29.9 Å². The van der Waals surface area contributed by atoms with Crippen LogP contribution in [0.5, 0.6) is 0 Å². The van der Waals surface area contributed by atoms with Crippen molar-refractivity contribution in [2.45, 2.75) is 19.9 Å². The number of nitrogens with zero attached hydrogens (tertiary/aromatic N) is 2. The molecule has 1 aliphatic heterocycles. The lowest BCUT2D eigenvalue weighted by Crippen LogP contribution is -2.54. The van der Waals surface area contributed by atoms with Gasteiger partial charge in [0.05, 0.1) is 11.0 Å². The number of nitrogens with two attached hydrogens (primary N) is 1. The van der Waals surface area contributed by atoms with Crippen LogP contribution in [0.4, 0.5) is 0 Å². The fourth-order valence-corrected chi connectivity index (χ4v) is 2.81. The standard InChI is InChI=1S/C15H20ClN3OS/c1-10-3-4-12(16)9-13(10)15(20)19-7-5-18(6-8-19)11(2)14(17)21/h3-4,9,11H,5-8H2,1-2H3,(H2,17,21).